The van der Waals surface area contributed by atoms with E-state index in [9.17, 15) is 9.59 Å². The number of carbonyl (C=O) groups is 2. The molecule has 1 N–H and O–H groups in total. The molecule has 0 aromatic heterocycles. The van der Waals surface area contributed by atoms with Gasteiger partial charge in [-0.3, -0.25) is 9.59 Å². The van der Waals surface area contributed by atoms with Crippen LogP contribution in [0.1, 0.15) is 44.4 Å². The fraction of sp³-hybridized carbons (Fsp3) is 0.417. The van der Waals surface area contributed by atoms with E-state index >= 15 is 0 Å². The lowest BCUT2D eigenvalue weighted by Crippen LogP contribution is -2.53. The Morgan fingerprint density at radius 1 is 1.12 bits per heavy atom. The van der Waals surface area contributed by atoms with Gasteiger partial charge in [-0.15, -0.1) is 0 Å². The van der Waals surface area contributed by atoms with E-state index in [2.05, 4.69) is 21.2 Å². The third kappa shape index (κ3) is 7.12. The number of halogens is 3. The Balaban J connectivity index is 2.28. The molecule has 0 spiro atoms. The topological polar surface area (TPSA) is 58.6 Å². The zero-order valence-corrected chi connectivity index (χ0v) is 22.3. The number of ether oxygens (including phenoxy) is 1. The minimum absolute atomic E-state index is 0.0812. The average Bonchev–Trinajstić information content (AvgIpc) is 2.68. The van der Waals surface area contributed by atoms with Gasteiger partial charge >= 0.3 is 0 Å². The van der Waals surface area contributed by atoms with Gasteiger partial charge in [0.15, 0.2) is 6.61 Å². The minimum atomic E-state index is -0.758. The Morgan fingerprint density at radius 2 is 1.66 bits per heavy atom. The smallest absolute Gasteiger partial charge is 0.261 e. The van der Waals surface area contributed by atoms with Crippen molar-refractivity contribution in [2.45, 2.75) is 59.7 Å². The molecule has 2 rings (SSSR count). The van der Waals surface area contributed by atoms with E-state index in [4.69, 9.17) is 27.9 Å². The molecule has 1 atom stereocenters. The van der Waals surface area contributed by atoms with Crippen molar-refractivity contribution in [2.24, 2.45) is 0 Å². The summed E-state index contributed by atoms with van der Waals surface area (Å²) >= 11 is 16.2. The highest BCUT2D eigenvalue weighted by Crippen LogP contribution is 2.28. The summed E-state index contributed by atoms with van der Waals surface area (Å²) in [4.78, 5) is 27.5. The number of hydrogen-bond donors (Lipinski definition) is 1. The molecule has 0 aliphatic carbocycles. The van der Waals surface area contributed by atoms with E-state index < -0.39 is 11.6 Å². The summed E-state index contributed by atoms with van der Waals surface area (Å²) < 4.78 is 6.78. The van der Waals surface area contributed by atoms with Gasteiger partial charge in [0.1, 0.15) is 11.8 Å². The zero-order valence-electron chi connectivity index (χ0n) is 19.2. The Kier molecular flexibility index (Phi) is 9.03. The number of hydrogen-bond acceptors (Lipinski definition) is 3. The molecule has 8 heteroatoms. The monoisotopic (exact) mass is 542 g/mol. The van der Waals surface area contributed by atoms with E-state index in [0.717, 1.165) is 15.6 Å². The Bertz CT molecular complexity index is 962. The van der Waals surface area contributed by atoms with Crippen LogP contribution in [0.3, 0.4) is 0 Å². The molecule has 0 saturated heterocycles. The van der Waals surface area contributed by atoms with Crippen molar-refractivity contribution in [2.75, 3.05) is 6.61 Å². The number of benzene rings is 2. The van der Waals surface area contributed by atoms with Crippen LogP contribution in [0.15, 0.2) is 34.8 Å². The van der Waals surface area contributed by atoms with E-state index in [1.807, 2.05) is 46.8 Å². The van der Waals surface area contributed by atoms with Crippen molar-refractivity contribution in [3.8, 4) is 5.75 Å². The maximum absolute atomic E-state index is 13.2. The molecule has 2 aromatic carbocycles. The van der Waals surface area contributed by atoms with Crippen LogP contribution >= 0.6 is 39.1 Å². The van der Waals surface area contributed by atoms with Gasteiger partial charge < -0.3 is 15.0 Å². The van der Waals surface area contributed by atoms with Crippen LogP contribution in [-0.2, 0) is 16.1 Å². The number of nitrogens with zero attached hydrogens (tertiary/aromatic N) is 1. The van der Waals surface area contributed by atoms with Crippen molar-refractivity contribution >= 4 is 50.9 Å². The Labute approximate surface area is 208 Å². The van der Waals surface area contributed by atoms with Crippen molar-refractivity contribution < 1.29 is 14.3 Å². The highest BCUT2D eigenvalue weighted by atomic mass is 79.9. The molecule has 0 radical (unpaired) electrons. The second kappa shape index (κ2) is 10.9. The first-order valence-corrected chi connectivity index (χ1v) is 11.8. The lowest BCUT2D eigenvalue weighted by atomic mass is 10.1. The van der Waals surface area contributed by atoms with Gasteiger partial charge in [-0.1, -0.05) is 45.2 Å². The third-order valence-electron chi connectivity index (χ3n) is 4.83. The van der Waals surface area contributed by atoms with E-state index in [0.29, 0.717) is 21.4 Å². The van der Waals surface area contributed by atoms with Crippen LogP contribution in [0.5, 0.6) is 5.75 Å². The minimum Gasteiger partial charge on any atom is -0.484 e. The molecule has 0 aliphatic heterocycles. The normalized spacial score (nSPS) is 12.3. The number of aryl methyl sites for hydroxylation is 2. The van der Waals surface area contributed by atoms with Gasteiger partial charge in [-0.2, -0.15) is 0 Å². The first kappa shape index (κ1) is 26.5. The Morgan fingerprint density at radius 3 is 2.16 bits per heavy atom. The van der Waals surface area contributed by atoms with E-state index in [1.54, 1.807) is 25.1 Å². The molecule has 2 amide bonds. The van der Waals surface area contributed by atoms with Gasteiger partial charge in [-0.25, -0.2) is 0 Å². The second-order valence-electron chi connectivity index (χ2n) is 8.80. The van der Waals surface area contributed by atoms with Crippen molar-refractivity contribution in [3.63, 3.8) is 0 Å². The lowest BCUT2D eigenvalue weighted by Gasteiger charge is -2.31. The highest BCUT2D eigenvalue weighted by Gasteiger charge is 2.29. The summed E-state index contributed by atoms with van der Waals surface area (Å²) in [6, 6.07) is 8.10. The quantitative estimate of drug-likeness (QED) is 0.460. The molecule has 174 valence electrons. The third-order valence-corrected chi connectivity index (χ3v) is 6.79. The summed E-state index contributed by atoms with van der Waals surface area (Å²) in [6.45, 7) is 11.1. The lowest BCUT2D eigenvalue weighted by molar-refractivity contribution is -0.142. The van der Waals surface area contributed by atoms with Crippen LogP contribution in [0.4, 0.5) is 0 Å². The molecule has 32 heavy (non-hydrogen) atoms. The molecule has 0 fully saturated rings. The molecular weight excluding hydrogens is 515 g/mol. The Hall–Kier alpha value is -1.76. The average molecular weight is 544 g/mol. The van der Waals surface area contributed by atoms with E-state index in [1.165, 1.54) is 4.90 Å². The predicted molar refractivity (Wildman–Crippen MR) is 133 cm³/mol. The molecule has 2 aromatic rings. The van der Waals surface area contributed by atoms with Crippen LogP contribution in [0, 0.1) is 13.8 Å². The molecule has 0 aliphatic rings. The highest BCUT2D eigenvalue weighted by molar-refractivity contribution is 9.10. The molecule has 0 heterocycles. The summed E-state index contributed by atoms with van der Waals surface area (Å²) in [7, 11) is 0. The summed E-state index contributed by atoms with van der Waals surface area (Å²) in [6.07, 6.45) is 0. The number of rotatable bonds is 7. The molecule has 0 bridgehead atoms. The fourth-order valence-electron chi connectivity index (χ4n) is 3.13. The number of nitrogens with one attached hydrogen (secondary N) is 1. The first-order valence-electron chi connectivity index (χ1n) is 10.2. The van der Waals surface area contributed by atoms with Crippen molar-refractivity contribution in [3.05, 3.63) is 61.5 Å². The standard InChI is InChI=1S/C24H29BrCl2N2O3/c1-14-10-17(11-15(2)22(14)25)32-13-21(30)29(16(3)23(31)28-24(4,5)6)12-18-19(26)8-7-9-20(18)27/h7-11,16H,12-13H2,1-6H3,(H,28,31)/t16-/m1/s1. The fourth-order valence-corrected chi connectivity index (χ4v) is 3.87. The largest absolute Gasteiger partial charge is 0.484 e. The van der Waals surface area contributed by atoms with Crippen molar-refractivity contribution in [1.82, 2.24) is 10.2 Å². The van der Waals surface area contributed by atoms with Gasteiger partial charge in [0.2, 0.25) is 5.91 Å². The van der Waals surface area contributed by atoms with Crippen LogP contribution < -0.4 is 10.1 Å². The molecular formula is C24H29BrCl2N2O3. The number of amides is 2. The molecule has 5 nitrogen and oxygen atoms in total. The van der Waals surface area contributed by atoms with Gasteiger partial charge in [-0.05, 0) is 76.9 Å². The molecule has 0 unspecified atom stereocenters. The molecule has 0 saturated carbocycles. The second-order valence-corrected chi connectivity index (χ2v) is 10.4. The van der Waals surface area contributed by atoms with Crippen molar-refractivity contribution in [1.29, 1.82) is 0 Å². The zero-order chi connectivity index (χ0) is 24.2. The van der Waals surface area contributed by atoms with Crippen LogP contribution in [0.25, 0.3) is 0 Å². The van der Waals surface area contributed by atoms with Gasteiger partial charge in [0.25, 0.3) is 5.91 Å². The summed E-state index contributed by atoms with van der Waals surface area (Å²) in [5, 5.41) is 3.78. The van der Waals surface area contributed by atoms with Crippen LogP contribution in [-0.4, -0.2) is 34.9 Å². The first-order chi connectivity index (χ1) is 14.8. The summed E-state index contributed by atoms with van der Waals surface area (Å²) in [5.74, 6) is -0.0424. The maximum Gasteiger partial charge on any atom is 0.261 e. The predicted octanol–water partition coefficient (Wildman–Crippen LogP) is 6.08. The number of carbonyl (C=O) groups excluding carboxylic acids is 2. The van der Waals surface area contributed by atoms with Crippen LogP contribution in [0.2, 0.25) is 10.0 Å². The van der Waals surface area contributed by atoms with Gasteiger partial charge in [0, 0.05) is 32.2 Å². The van der Waals surface area contributed by atoms with E-state index in [-0.39, 0.29) is 25.0 Å². The maximum atomic E-state index is 13.2. The van der Waals surface area contributed by atoms with Gasteiger partial charge in [0.05, 0.1) is 0 Å². The summed E-state index contributed by atoms with van der Waals surface area (Å²) in [5.41, 5.74) is 2.15. The SMILES string of the molecule is Cc1cc(OCC(=O)N(Cc2c(Cl)cccc2Cl)[C@H](C)C(=O)NC(C)(C)C)cc(C)c1Br.